The number of nitrogens with one attached hydrogen (secondary N) is 1. The Hall–Kier alpha value is -3.40. The largest absolute Gasteiger partial charge is 0.460 e. The lowest BCUT2D eigenvalue weighted by atomic mass is 9.62. The molecule has 10 rings (SSSR count). The molecule has 11 unspecified atom stereocenters. The van der Waals surface area contributed by atoms with E-state index < -0.39 is 77.2 Å². The van der Waals surface area contributed by atoms with Gasteiger partial charge < -0.3 is 39.0 Å². The number of nitrogens with zero attached hydrogens (tertiary/aromatic N) is 2. The van der Waals surface area contributed by atoms with E-state index in [1.165, 1.54) is 0 Å². The normalized spacial score (nSPS) is 37.5. The molecule has 14 heteroatoms. The van der Waals surface area contributed by atoms with Gasteiger partial charge in [0.1, 0.15) is 41.5 Å². The second-order valence-electron chi connectivity index (χ2n) is 19.7. The lowest BCUT2D eigenvalue weighted by molar-refractivity contribution is -0.235. The number of hydrogen-bond donors (Lipinski definition) is 2. The van der Waals surface area contributed by atoms with E-state index in [1.54, 1.807) is 30.7 Å². The molecule has 0 spiro atoms. The van der Waals surface area contributed by atoms with E-state index >= 15 is 4.79 Å². The summed E-state index contributed by atoms with van der Waals surface area (Å²) in [6.45, 7) is 5.53. The molecule has 4 aliphatic carbocycles. The highest BCUT2D eigenvalue weighted by molar-refractivity contribution is 5.96. The van der Waals surface area contributed by atoms with Crippen LogP contribution in [0.4, 0.5) is 0 Å². The molecule has 59 heavy (non-hydrogen) atoms. The third kappa shape index (κ3) is 7.33. The highest BCUT2D eigenvalue weighted by Crippen LogP contribution is 2.64. The Bertz CT molecular complexity index is 1860. The van der Waals surface area contributed by atoms with Gasteiger partial charge in [-0.25, -0.2) is 0 Å². The molecule has 9 fully saturated rings. The fraction of sp³-hybridized carbons (Fsp3) is 0.733. The first kappa shape index (κ1) is 39.7. The number of aliphatic hydroxyl groups excluding tert-OH is 1. The van der Waals surface area contributed by atoms with Crippen molar-refractivity contribution < 1.29 is 52.8 Å². The lowest BCUT2D eigenvalue weighted by Gasteiger charge is -2.50. The quantitative estimate of drug-likeness (QED) is 0.218. The van der Waals surface area contributed by atoms with Crippen molar-refractivity contribution in [1.82, 2.24) is 15.3 Å². The van der Waals surface area contributed by atoms with Crippen LogP contribution in [0, 0.1) is 23.2 Å². The Morgan fingerprint density at radius 1 is 1.02 bits per heavy atom. The Balaban J connectivity index is 0.920. The SMILES string of the molecule is CC(C)(C)OC(=O)CCC(CO)NC(=O)C1CCCN1C(=O)C12CC3OC(=O)C1N(Cc1cccc(C=CC4CCC5OC5C4)c1)OC2C1OC(C2CC2)(C2CC2)OC31. The average molecular weight is 818 g/mol. The van der Waals surface area contributed by atoms with E-state index in [-0.39, 0.29) is 50.2 Å². The zero-order valence-electron chi connectivity index (χ0n) is 34.4. The van der Waals surface area contributed by atoms with Gasteiger partial charge in [0.15, 0.2) is 11.8 Å². The van der Waals surface area contributed by atoms with Gasteiger partial charge in [0.25, 0.3) is 0 Å². The highest BCUT2D eigenvalue weighted by atomic mass is 16.8. The minimum Gasteiger partial charge on any atom is -0.460 e. The van der Waals surface area contributed by atoms with Crippen LogP contribution in [0.2, 0.25) is 0 Å². The van der Waals surface area contributed by atoms with E-state index in [1.807, 2.05) is 12.1 Å². The molecule has 2 bridgehead atoms. The fourth-order valence-corrected chi connectivity index (χ4v) is 11.2. The predicted octanol–water partition coefficient (Wildman–Crippen LogP) is 3.96. The number of allylic oxidation sites excluding steroid dienone is 1. The summed E-state index contributed by atoms with van der Waals surface area (Å²) in [7, 11) is 0. The lowest BCUT2D eigenvalue weighted by Crippen LogP contribution is -2.70. The summed E-state index contributed by atoms with van der Waals surface area (Å²) >= 11 is 0. The number of likely N-dealkylation sites (tertiary alicyclic amines) is 1. The molecule has 2 N–H and O–H groups in total. The van der Waals surface area contributed by atoms with Crippen LogP contribution in [0.25, 0.3) is 6.08 Å². The van der Waals surface area contributed by atoms with Crippen molar-refractivity contribution in [2.24, 2.45) is 23.2 Å². The number of esters is 2. The molecule has 9 aliphatic rings. The van der Waals surface area contributed by atoms with Crippen LogP contribution in [0.5, 0.6) is 0 Å². The molecule has 320 valence electrons. The van der Waals surface area contributed by atoms with Crippen molar-refractivity contribution in [1.29, 1.82) is 0 Å². The molecular formula is C45H59N3O11. The van der Waals surface area contributed by atoms with Crippen LogP contribution in [0.3, 0.4) is 0 Å². The molecule has 5 heterocycles. The topological polar surface area (TPSA) is 166 Å². The standard InChI is InChI=1S/C45H59N3O11/c1-43(2,3)56-35(50)18-16-30(24-49)46-40(51)31-8-5-19-47(31)42(53)44-22-34-36-37(58-45(57-36,28-12-13-28)29-14-15-29)39(44)59-48(38(44)41(52)55-34)23-27-7-4-6-25(20-27)9-10-26-11-17-32-33(21-26)54-32/h4,6-7,9-10,20,26,28-34,36-39,49H,5,8,11-19,21-24H2,1-3H3,(H,46,51). The molecule has 11 atom stereocenters. The summed E-state index contributed by atoms with van der Waals surface area (Å²) in [6, 6.07) is 5.54. The average Bonchev–Trinajstić information content (AvgIpc) is 4.16. The molecule has 0 aromatic heterocycles. The maximum absolute atomic E-state index is 15.5. The Morgan fingerprint density at radius 2 is 1.80 bits per heavy atom. The summed E-state index contributed by atoms with van der Waals surface area (Å²) in [6.07, 6.45) is 11.2. The molecule has 5 aliphatic heterocycles. The molecule has 2 amide bonds. The van der Waals surface area contributed by atoms with Crippen LogP contribution >= 0.6 is 0 Å². The Kier molecular flexibility index (Phi) is 10.0. The van der Waals surface area contributed by atoms with Crippen molar-refractivity contribution >= 4 is 29.8 Å². The number of ether oxygens (including phenoxy) is 5. The van der Waals surface area contributed by atoms with Gasteiger partial charge in [0.05, 0.1) is 31.4 Å². The first-order valence-electron chi connectivity index (χ1n) is 22.2. The van der Waals surface area contributed by atoms with Crippen molar-refractivity contribution in [3.8, 4) is 0 Å². The number of epoxide rings is 1. The first-order chi connectivity index (χ1) is 28.3. The summed E-state index contributed by atoms with van der Waals surface area (Å²) in [5, 5.41) is 14.7. The third-order valence-electron chi connectivity index (χ3n) is 14.3. The zero-order valence-corrected chi connectivity index (χ0v) is 34.4. The van der Waals surface area contributed by atoms with Gasteiger partial charge in [0, 0.05) is 31.2 Å². The smallest absolute Gasteiger partial charge is 0.327 e. The number of aliphatic hydroxyl groups is 1. The maximum atomic E-state index is 15.5. The highest BCUT2D eigenvalue weighted by Gasteiger charge is 2.78. The van der Waals surface area contributed by atoms with Gasteiger partial charge in [-0.3, -0.25) is 24.0 Å². The monoisotopic (exact) mass is 817 g/mol. The number of amides is 2. The zero-order chi connectivity index (χ0) is 40.8. The van der Waals surface area contributed by atoms with Crippen molar-refractivity contribution in [3.05, 3.63) is 41.5 Å². The molecule has 5 saturated heterocycles. The third-order valence-corrected chi connectivity index (χ3v) is 14.3. The number of hydroxylamine groups is 2. The van der Waals surface area contributed by atoms with Crippen molar-refractivity contribution in [3.63, 3.8) is 0 Å². The van der Waals surface area contributed by atoms with E-state index in [9.17, 15) is 19.5 Å². The van der Waals surface area contributed by atoms with Gasteiger partial charge in [0.2, 0.25) is 11.8 Å². The van der Waals surface area contributed by atoms with Crippen LogP contribution in [0.15, 0.2) is 30.3 Å². The van der Waals surface area contributed by atoms with E-state index in [4.69, 9.17) is 28.5 Å². The van der Waals surface area contributed by atoms with E-state index in [0.717, 1.165) is 56.1 Å². The number of hydrogen-bond acceptors (Lipinski definition) is 12. The summed E-state index contributed by atoms with van der Waals surface area (Å²) in [4.78, 5) is 64.9. The predicted molar refractivity (Wildman–Crippen MR) is 209 cm³/mol. The molecule has 0 radical (unpaired) electrons. The minimum atomic E-state index is -1.40. The molecular weight excluding hydrogens is 759 g/mol. The molecule has 4 saturated carbocycles. The second kappa shape index (κ2) is 14.9. The Labute approximate surface area is 345 Å². The van der Waals surface area contributed by atoms with Crippen LogP contribution < -0.4 is 5.32 Å². The van der Waals surface area contributed by atoms with Gasteiger partial charge in [-0.1, -0.05) is 36.4 Å². The van der Waals surface area contributed by atoms with Gasteiger partial charge in [-0.15, -0.1) is 0 Å². The second-order valence-corrected chi connectivity index (χ2v) is 19.7. The van der Waals surface area contributed by atoms with Crippen molar-refractivity contribution in [2.75, 3.05) is 13.2 Å². The number of fused-ring (bicyclic) bond motifs is 5. The summed E-state index contributed by atoms with van der Waals surface area (Å²) in [5.41, 5.74) is -0.0895. The van der Waals surface area contributed by atoms with Gasteiger partial charge in [-0.05, 0) is 102 Å². The van der Waals surface area contributed by atoms with Crippen LogP contribution in [0.1, 0.15) is 109 Å². The molecule has 1 aromatic rings. The van der Waals surface area contributed by atoms with E-state index in [2.05, 4.69) is 29.6 Å². The molecule has 14 nitrogen and oxygen atoms in total. The molecule has 1 aromatic carbocycles. The maximum Gasteiger partial charge on any atom is 0.327 e. The van der Waals surface area contributed by atoms with E-state index in [0.29, 0.717) is 37.5 Å². The van der Waals surface area contributed by atoms with Crippen LogP contribution in [-0.2, 0) is 54.2 Å². The first-order valence-corrected chi connectivity index (χ1v) is 22.2. The number of carbonyl (C=O) groups excluding carboxylic acids is 4. The van der Waals surface area contributed by atoms with Gasteiger partial charge in [-0.2, -0.15) is 5.06 Å². The van der Waals surface area contributed by atoms with Gasteiger partial charge >= 0.3 is 11.9 Å². The fourth-order valence-electron chi connectivity index (χ4n) is 11.2. The van der Waals surface area contributed by atoms with Crippen LogP contribution in [-0.4, -0.2) is 118 Å². The number of carbonyl (C=O) groups is 4. The summed E-state index contributed by atoms with van der Waals surface area (Å²) in [5.74, 6) is -1.49. The summed E-state index contributed by atoms with van der Waals surface area (Å²) < 4.78 is 31.4. The number of rotatable bonds is 13. The van der Waals surface area contributed by atoms with Crippen molar-refractivity contribution in [2.45, 2.75) is 171 Å². The Morgan fingerprint density at radius 3 is 2.53 bits per heavy atom. The minimum absolute atomic E-state index is 0.0169. The number of benzene rings is 1.